The quantitative estimate of drug-likeness (QED) is 0.610. The Morgan fingerprint density at radius 1 is 0.913 bits per heavy atom. The first-order chi connectivity index (χ1) is 11.1. The molecule has 0 atom stereocenters. The molecule has 0 spiro atoms. The minimum atomic E-state index is -0.211. The highest BCUT2D eigenvalue weighted by Crippen LogP contribution is 2.15. The number of aryl methyl sites for hydroxylation is 1. The Labute approximate surface area is 136 Å². The minimum absolute atomic E-state index is 0.133. The molecular weight excluding hydrogens is 288 g/mol. The van der Waals surface area contributed by atoms with Crippen molar-refractivity contribution in [2.75, 3.05) is 20.1 Å². The Bertz CT molecular complexity index is 678. The van der Waals surface area contributed by atoms with Crippen molar-refractivity contribution in [3.63, 3.8) is 0 Å². The molecule has 120 valence electrons. The number of benzene rings is 2. The molecule has 1 amide bonds. The first-order valence-corrected chi connectivity index (χ1v) is 7.76. The summed E-state index contributed by atoms with van der Waals surface area (Å²) in [7, 11) is 1.87. The van der Waals surface area contributed by atoms with E-state index in [2.05, 4.69) is 10.6 Å². The second-order valence-corrected chi connectivity index (χ2v) is 5.45. The highest BCUT2D eigenvalue weighted by Gasteiger charge is 2.17. The van der Waals surface area contributed by atoms with E-state index in [1.807, 2.05) is 26.1 Å². The van der Waals surface area contributed by atoms with Crippen LogP contribution >= 0.6 is 0 Å². The van der Waals surface area contributed by atoms with Crippen molar-refractivity contribution >= 4 is 11.7 Å². The molecule has 0 aromatic heterocycles. The number of hydrogen-bond acceptors (Lipinski definition) is 3. The fourth-order valence-electron chi connectivity index (χ4n) is 2.30. The lowest BCUT2D eigenvalue weighted by atomic mass is 9.97. The van der Waals surface area contributed by atoms with Gasteiger partial charge in [0.05, 0.1) is 5.56 Å². The SMILES string of the molecule is CNCCCNC(=O)c1ccccc1C(=O)c1ccc(C)cc1. The van der Waals surface area contributed by atoms with E-state index >= 15 is 0 Å². The van der Waals surface area contributed by atoms with Crippen molar-refractivity contribution in [1.29, 1.82) is 0 Å². The molecule has 0 unspecified atom stereocenters. The van der Waals surface area contributed by atoms with Crippen LogP contribution in [0.3, 0.4) is 0 Å². The zero-order valence-electron chi connectivity index (χ0n) is 13.6. The molecule has 0 aliphatic heterocycles. The fourth-order valence-corrected chi connectivity index (χ4v) is 2.30. The van der Waals surface area contributed by atoms with E-state index in [1.165, 1.54) is 0 Å². The van der Waals surface area contributed by atoms with Gasteiger partial charge in [-0.05, 0) is 33.0 Å². The molecule has 2 aromatic rings. The summed E-state index contributed by atoms with van der Waals surface area (Å²) < 4.78 is 0. The van der Waals surface area contributed by atoms with Crippen molar-refractivity contribution in [1.82, 2.24) is 10.6 Å². The van der Waals surface area contributed by atoms with Crippen LogP contribution in [0.2, 0.25) is 0 Å². The molecule has 0 saturated carbocycles. The van der Waals surface area contributed by atoms with Gasteiger partial charge in [-0.2, -0.15) is 0 Å². The molecule has 0 aliphatic carbocycles. The van der Waals surface area contributed by atoms with Crippen LogP contribution in [0.5, 0.6) is 0 Å². The Kier molecular flexibility index (Phi) is 6.06. The van der Waals surface area contributed by atoms with E-state index in [1.54, 1.807) is 36.4 Å². The predicted molar refractivity (Wildman–Crippen MR) is 91.9 cm³/mol. The normalized spacial score (nSPS) is 10.3. The Morgan fingerprint density at radius 2 is 1.57 bits per heavy atom. The summed E-state index contributed by atoms with van der Waals surface area (Å²) in [4.78, 5) is 25.0. The van der Waals surface area contributed by atoms with Gasteiger partial charge in [-0.1, -0.05) is 48.0 Å². The first-order valence-electron chi connectivity index (χ1n) is 7.76. The van der Waals surface area contributed by atoms with Crippen LogP contribution in [-0.2, 0) is 0 Å². The topological polar surface area (TPSA) is 58.2 Å². The third-order valence-electron chi connectivity index (χ3n) is 3.62. The molecule has 2 aromatic carbocycles. The fraction of sp³-hybridized carbons (Fsp3) is 0.263. The van der Waals surface area contributed by atoms with Gasteiger partial charge >= 0.3 is 0 Å². The predicted octanol–water partition coefficient (Wildman–Crippen LogP) is 2.57. The second-order valence-electron chi connectivity index (χ2n) is 5.45. The number of ketones is 1. The van der Waals surface area contributed by atoms with Crippen molar-refractivity contribution in [3.05, 3.63) is 70.8 Å². The van der Waals surface area contributed by atoms with Gasteiger partial charge in [-0.25, -0.2) is 0 Å². The molecule has 4 nitrogen and oxygen atoms in total. The number of nitrogens with one attached hydrogen (secondary N) is 2. The van der Waals surface area contributed by atoms with Gasteiger partial charge in [0.15, 0.2) is 5.78 Å². The highest BCUT2D eigenvalue weighted by molar-refractivity contribution is 6.15. The van der Waals surface area contributed by atoms with E-state index in [-0.39, 0.29) is 11.7 Å². The van der Waals surface area contributed by atoms with Crippen LogP contribution in [-0.4, -0.2) is 31.8 Å². The summed E-state index contributed by atoms with van der Waals surface area (Å²) in [5.74, 6) is -0.344. The van der Waals surface area contributed by atoms with Crippen LogP contribution in [0.4, 0.5) is 0 Å². The van der Waals surface area contributed by atoms with Crippen LogP contribution < -0.4 is 10.6 Å². The van der Waals surface area contributed by atoms with Gasteiger partial charge in [0, 0.05) is 17.7 Å². The van der Waals surface area contributed by atoms with Crippen molar-refractivity contribution < 1.29 is 9.59 Å². The Hall–Kier alpha value is -2.46. The Balaban J connectivity index is 2.18. The van der Waals surface area contributed by atoms with Gasteiger partial charge < -0.3 is 10.6 Å². The lowest BCUT2D eigenvalue weighted by Crippen LogP contribution is -2.28. The third kappa shape index (κ3) is 4.50. The zero-order chi connectivity index (χ0) is 16.7. The van der Waals surface area contributed by atoms with E-state index in [0.29, 0.717) is 23.2 Å². The van der Waals surface area contributed by atoms with E-state index in [9.17, 15) is 9.59 Å². The summed E-state index contributed by atoms with van der Waals surface area (Å²) in [5.41, 5.74) is 2.54. The van der Waals surface area contributed by atoms with Crippen LogP contribution in [0.15, 0.2) is 48.5 Å². The standard InChI is InChI=1S/C19H22N2O2/c1-14-8-10-15(11-9-14)18(22)16-6-3-4-7-17(16)19(23)21-13-5-12-20-2/h3-4,6-11,20H,5,12-13H2,1-2H3,(H,21,23). The lowest BCUT2D eigenvalue weighted by molar-refractivity contribution is 0.0942. The number of carbonyl (C=O) groups excluding carboxylic acids is 2. The lowest BCUT2D eigenvalue weighted by Gasteiger charge is -2.10. The average Bonchev–Trinajstić information content (AvgIpc) is 2.58. The summed E-state index contributed by atoms with van der Waals surface area (Å²) >= 11 is 0. The number of rotatable bonds is 7. The van der Waals surface area contributed by atoms with Crippen molar-refractivity contribution in [2.45, 2.75) is 13.3 Å². The number of amides is 1. The molecule has 0 fully saturated rings. The van der Waals surface area contributed by atoms with Gasteiger partial charge in [0.25, 0.3) is 5.91 Å². The third-order valence-corrected chi connectivity index (χ3v) is 3.62. The van der Waals surface area contributed by atoms with Gasteiger partial charge in [-0.3, -0.25) is 9.59 Å². The van der Waals surface area contributed by atoms with Crippen LogP contribution in [0.25, 0.3) is 0 Å². The first kappa shape index (κ1) is 16.9. The molecule has 0 aliphatic rings. The van der Waals surface area contributed by atoms with E-state index in [4.69, 9.17) is 0 Å². The van der Waals surface area contributed by atoms with Gasteiger partial charge in [0.2, 0.25) is 0 Å². The molecule has 0 saturated heterocycles. The molecule has 0 heterocycles. The van der Waals surface area contributed by atoms with Crippen molar-refractivity contribution in [2.24, 2.45) is 0 Å². The highest BCUT2D eigenvalue weighted by atomic mass is 16.2. The molecule has 2 N–H and O–H groups in total. The average molecular weight is 310 g/mol. The maximum atomic E-state index is 12.7. The minimum Gasteiger partial charge on any atom is -0.352 e. The Morgan fingerprint density at radius 3 is 2.22 bits per heavy atom. The number of carbonyl (C=O) groups is 2. The van der Waals surface area contributed by atoms with Crippen LogP contribution in [0, 0.1) is 6.92 Å². The second kappa shape index (κ2) is 8.25. The maximum absolute atomic E-state index is 12.7. The monoisotopic (exact) mass is 310 g/mol. The largest absolute Gasteiger partial charge is 0.352 e. The molecular formula is C19H22N2O2. The zero-order valence-corrected chi connectivity index (χ0v) is 13.6. The number of hydrogen-bond donors (Lipinski definition) is 2. The summed E-state index contributed by atoms with van der Waals surface area (Å²) in [5, 5.41) is 5.89. The molecule has 23 heavy (non-hydrogen) atoms. The molecule has 0 bridgehead atoms. The van der Waals surface area contributed by atoms with Gasteiger partial charge in [0.1, 0.15) is 0 Å². The molecule has 4 heteroatoms. The smallest absolute Gasteiger partial charge is 0.252 e. The summed E-state index contributed by atoms with van der Waals surface area (Å²) in [6.07, 6.45) is 0.844. The molecule has 2 rings (SSSR count). The molecule has 0 radical (unpaired) electrons. The summed E-state index contributed by atoms with van der Waals surface area (Å²) in [6, 6.07) is 14.3. The van der Waals surface area contributed by atoms with Gasteiger partial charge in [-0.15, -0.1) is 0 Å². The van der Waals surface area contributed by atoms with Crippen molar-refractivity contribution in [3.8, 4) is 0 Å². The van der Waals surface area contributed by atoms with E-state index < -0.39 is 0 Å². The maximum Gasteiger partial charge on any atom is 0.252 e. The summed E-state index contributed by atoms with van der Waals surface area (Å²) in [6.45, 7) is 3.39. The van der Waals surface area contributed by atoms with Crippen LogP contribution in [0.1, 0.15) is 38.3 Å². The van der Waals surface area contributed by atoms with E-state index in [0.717, 1.165) is 18.5 Å².